The molecule has 4 aromatic rings. The number of carbonyl (C=O) groups excluding carboxylic acids is 4. The fraction of sp³-hybridized carbons (Fsp3) is 0.436. The van der Waals surface area contributed by atoms with E-state index >= 15 is 0 Å². The topological polar surface area (TPSA) is 141 Å². The van der Waals surface area contributed by atoms with E-state index in [-0.39, 0.29) is 53.4 Å². The number of hydrogen-bond acceptors (Lipinski definition) is 9. The first-order valence-electron chi connectivity index (χ1n) is 17.3. The first-order chi connectivity index (χ1) is 23.9. The third-order valence-corrected chi connectivity index (χ3v) is 10.2. The van der Waals surface area contributed by atoms with E-state index in [1.54, 1.807) is 28.6 Å². The number of allylic oxidation sites excluding steroid dienone is 2. The molecule has 6 rings (SSSR count). The summed E-state index contributed by atoms with van der Waals surface area (Å²) >= 11 is 0. The number of hydrogen-bond donors (Lipinski definition) is 0. The van der Waals surface area contributed by atoms with Crippen LogP contribution in [-0.4, -0.2) is 65.2 Å². The molecule has 1 saturated heterocycles. The van der Waals surface area contributed by atoms with E-state index in [0.29, 0.717) is 66.0 Å². The maximum Gasteiger partial charge on any atom is 0.247 e. The molecule has 3 atom stereocenters. The number of piperidine rings is 1. The molecule has 3 aromatic heterocycles. The van der Waals surface area contributed by atoms with Gasteiger partial charge in [0.25, 0.3) is 0 Å². The molecule has 1 aromatic carbocycles. The molecular formula is C39H44N6O5. The third-order valence-electron chi connectivity index (χ3n) is 10.2. The summed E-state index contributed by atoms with van der Waals surface area (Å²) in [5.74, 6) is 0.357. The Morgan fingerprint density at radius 3 is 2.54 bits per heavy atom. The van der Waals surface area contributed by atoms with Crippen LogP contribution < -0.4 is 0 Å². The largest absolute Gasteiger partial charge is 0.421 e. The smallest absolute Gasteiger partial charge is 0.247 e. The summed E-state index contributed by atoms with van der Waals surface area (Å²) in [5.41, 5.74) is 4.47. The maximum atomic E-state index is 14.5. The Hall–Kier alpha value is -5.06. The van der Waals surface area contributed by atoms with E-state index in [9.17, 15) is 19.2 Å². The molecule has 0 radical (unpaired) electrons. The molecule has 50 heavy (non-hydrogen) atoms. The highest BCUT2D eigenvalue weighted by Crippen LogP contribution is 2.62. The van der Waals surface area contributed by atoms with Gasteiger partial charge in [-0.25, -0.2) is 0 Å². The molecule has 11 nitrogen and oxygen atoms in total. The van der Waals surface area contributed by atoms with Gasteiger partial charge in [0.05, 0.1) is 23.7 Å². The van der Waals surface area contributed by atoms with Crippen molar-refractivity contribution in [1.82, 2.24) is 29.9 Å². The van der Waals surface area contributed by atoms with Crippen LogP contribution in [0.25, 0.3) is 22.4 Å². The first-order valence-corrected chi connectivity index (χ1v) is 17.3. The van der Waals surface area contributed by atoms with E-state index < -0.39 is 6.04 Å². The number of aryl methyl sites for hydroxylation is 3. The van der Waals surface area contributed by atoms with Crippen molar-refractivity contribution in [2.24, 2.45) is 5.41 Å². The molecule has 2 fully saturated rings. The van der Waals surface area contributed by atoms with Gasteiger partial charge in [0.1, 0.15) is 18.0 Å². The van der Waals surface area contributed by atoms with Gasteiger partial charge < -0.3 is 9.32 Å². The van der Waals surface area contributed by atoms with Crippen LogP contribution in [-0.2, 0) is 33.8 Å². The van der Waals surface area contributed by atoms with Crippen molar-refractivity contribution in [2.45, 2.75) is 104 Å². The summed E-state index contributed by atoms with van der Waals surface area (Å²) in [6, 6.07) is 6.76. The van der Waals surface area contributed by atoms with Gasteiger partial charge in [-0.2, -0.15) is 5.10 Å². The van der Waals surface area contributed by atoms with Crippen molar-refractivity contribution >= 4 is 34.2 Å². The second kappa shape index (κ2) is 14.0. The van der Waals surface area contributed by atoms with E-state index in [4.69, 9.17) is 4.42 Å². The fourth-order valence-corrected chi connectivity index (χ4v) is 7.56. The van der Waals surface area contributed by atoms with Gasteiger partial charge in [-0.15, -0.1) is 23.4 Å². The lowest BCUT2D eigenvalue weighted by atomic mass is 9.90. The van der Waals surface area contributed by atoms with Crippen LogP contribution in [0.15, 0.2) is 54.0 Å². The van der Waals surface area contributed by atoms with Crippen molar-refractivity contribution < 1.29 is 23.6 Å². The Kier molecular flexibility index (Phi) is 9.78. The number of fused-ring (bicyclic) bond motifs is 2. The minimum atomic E-state index is -0.645. The number of aromatic nitrogens is 5. The molecule has 0 bridgehead atoms. The van der Waals surface area contributed by atoms with Crippen LogP contribution in [0.2, 0.25) is 0 Å². The molecule has 11 heteroatoms. The number of Topliss-reactive ketones (excluding diaryl/α,β-unsaturated/α-hetero) is 3. The summed E-state index contributed by atoms with van der Waals surface area (Å²) in [4.78, 5) is 60.6. The number of rotatable bonds is 16. The zero-order chi connectivity index (χ0) is 35.7. The molecule has 1 saturated carbocycles. The second-order valence-electron chi connectivity index (χ2n) is 13.9. The second-order valence-corrected chi connectivity index (χ2v) is 13.9. The van der Waals surface area contributed by atoms with E-state index in [0.717, 1.165) is 36.1 Å². The number of ketones is 3. The van der Waals surface area contributed by atoms with Crippen LogP contribution in [0.3, 0.4) is 0 Å². The minimum absolute atomic E-state index is 0.0648. The Morgan fingerprint density at radius 2 is 1.84 bits per heavy atom. The normalized spacial score (nSPS) is 19.4. The van der Waals surface area contributed by atoms with Gasteiger partial charge in [0, 0.05) is 49.4 Å². The van der Waals surface area contributed by atoms with Crippen LogP contribution in [0.1, 0.15) is 90.8 Å². The summed E-state index contributed by atoms with van der Waals surface area (Å²) in [6.07, 6.45) is 8.52. The predicted octanol–water partition coefficient (Wildman–Crippen LogP) is 6.21. The zero-order valence-corrected chi connectivity index (χ0v) is 29.3. The number of carbonyl (C=O) groups is 4. The van der Waals surface area contributed by atoms with Gasteiger partial charge in [-0.3, -0.25) is 28.8 Å². The van der Waals surface area contributed by atoms with Crippen molar-refractivity contribution in [1.29, 1.82) is 0 Å². The van der Waals surface area contributed by atoms with Gasteiger partial charge in [0.2, 0.25) is 17.7 Å². The summed E-state index contributed by atoms with van der Waals surface area (Å²) < 4.78 is 7.26. The molecule has 2 aliphatic rings. The molecule has 0 spiro atoms. The predicted molar refractivity (Wildman–Crippen MR) is 188 cm³/mol. The maximum absolute atomic E-state index is 14.5. The molecular weight excluding hydrogens is 632 g/mol. The number of unbranched alkanes of at least 4 members (excludes halogenated alkanes) is 1. The highest BCUT2D eigenvalue weighted by Gasteiger charge is 2.66. The Labute approximate surface area is 291 Å². The summed E-state index contributed by atoms with van der Waals surface area (Å²) in [6.45, 7) is 14.5. The average molecular weight is 677 g/mol. The summed E-state index contributed by atoms with van der Waals surface area (Å²) in [7, 11) is 0. The molecule has 0 unspecified atom stereocenters. The fourth-order valence-electron chi connectivity index (χ4n) is 7.56. The van der Waals surface area contributed by atoms with Gasteiger partial charge in [-0.1, -0.05) is 18.2 Å². The van der Waals surface area contributed by atoms with Crippen LogP contribution in [0, 0.1) is 26.2 Å². The average Bonchev–Trinajstić information content (AvgIpc) is 3.33. The van der Waals surface area contributed by atoms with Crippen LogP contribution >= 0.6 is 0 Å². The van der Waals surface area contributed by atoms with E-state index in [2.05, 4.69) is 33.4 Å². The third kappa shape index (κ3) is 6.86. The van der Waals surface area contributed by atoms with Gasteiger partial charge in [0.15, 0.2) is 11.6 Å². The SMILES string of the molecule is C=CCCCC(=O)CC[C@@]12C[C@@H](C(=O)Cc3nc(C)ccc3C)N(C(=O)Cn3nc(C(C)=O)c4cc(-c5nnc(C)o5)cc(CC=C)c43)[C@@H]1C2. The molecule has 260 valence electrons. The first kappa shape index (κ1) is 34.8. The van der Waals surface area contributed by atoms with Crippen LogP contribution in [0.4, 0.5) is 0 Å². The van der Waals surface area contributed by atoms with Crippen molar-refractivity contribution in [3.05, 3.63) is 83.7 Å². The number of amides is 1. The van der Waals surface area contributed by atoms with Crippen molar-refractivity contribution in [2.75, 3.05) is 0 Å². The lowest BCUT2D eigenvalue weighted by molar-refractivity contribution is -0.139. The lowest BCUT2D eigenvalue weighted by Crippen LogP contribution is -2.45. The number of nitrogens with zero attached hydrogens (tertiary/aromatic N) is 6. The molecule has 1 aliphatic heterocycles. The van der Waals surface area contributed by atoms with Gasteiger partial charge in [-0.05, 0) is 87.1 Å². The molecule has 1 aliphatic carbocycles. The van der Waals surface area contributed by atoms with Crippen LogP contribution in [0.5, 0.6) is 0 Å². The summed E-state index contributed by atoms with van der Waals surface area (Å²) in [5, 5.41) is 13.3. The standard InChI is InChI=1S/C39H44N6O5/c1-7-9-10-12-29(47)15-16-39-20-32(33(48)19-31-23(3)13-14-24(4)40-31)45(34(39)21-39)35(49)22-44-37-27(11-8-2)17-28(38-42-41-26(6)50-38)18-30(37)36(43-44)25(5)46/h7-8,13-14,17-18,32,34H,1-2,9-12,15-16,19-22H2,3-6H3/t32-,34+,39-/m0/s1. The highest BCUT2D eigenvalue weighted by molar-refractivity contribution is 6.07. The van der Waals surface area contributed by atoms with Gasteiger partial charge >= 0.3 is 0 Å². The minimum Gasteiger partial charge on any atom is -0.421 e. The van der Waals surface area contributed by atoms with E-state index in [1.165, 1.54) is 6.92 Å². The zero-order valence-electron chi connectivity index (χ0n) is 29.3. The van der Waals surface area contributed by atoms with Crippen molar-refractivity contribution in [3.8, 4) is 11.5 Å². The molecule has 1 amide bonds. The Bertz CT molecular complexity index is 2020. The Morgan fingerprint density at radius 1 is 1.04 bits per heavy atom. The number of benzene rings is 1. The Balaban J connectivity index is 1.33. The molecule has 0 N–H and O–H groups in total. The highest BCUT2D eigenvalue weighted by atomic mass is 16.4. The molecule has 4 heterocycles. The lowest BCUT2D eigenvalue weighted by Gasteiger charge is -2.27. The monoisotopic (exact) mass is 676 g/mol. The van der Waals surface area contributed by atoms with Crippen molar-refractivity contribution in [3.63, 3.8) is 0 Å². The quantitative estimate of drug-likeness (QED) is 0.0769. The van der Waals surface area contributed by atoms with E-state index in [1.807, 2.05) is 38.1 Å². The number of likely N-dealkylation sites (tertiary alicyclic amines) is 1. The number of pyridine rings is 1.